The van der Waals surface area contributed by atoms with Gasteiger partial charge in [0, 0.05) is 48.2 Å². The Hall–Kier alpha value is -2.24. The van der Waals surface area contributed by atoms with Crippen molar-refractivity contribution in [3.05, 3.63) is 58.1 Å². The number of piperazine rings is 1. The predicted octanol–water partition coefficient (Wildman–Crippen LogP) is 4.94. The fourth-order valence-electron chi connectivity index (χ4n) is 3.38. The lowest BCUT2D eigenvalue weighted by atomic mass is 10.1. The third-order valence-electron chi connectivity index (χ3n) is 4.85. The van der Waals surface area contributed by atoms with Crippen molar-refractivity contribution in [2.75, 3.05) is 36.4 Å². The van der Waals surface area contributed by atoms with Crippen LogP contribution in [0.1, 0.15) is 30.6 Å². The maximum absolute atomic E-state index is 12.7. The first-order chi connectivity index (χ1) is 13.8. The van der Waals surface area contributed by atoms with Crippen LogP contribution < -0.4 is 10.2 Å². The number of anilines is 2. The highest BCUT2D eigenvalue weighted by molar-refractivity contribution is 6.31. The van der Waals surface area contributed by atoms with Crippen LogP contribution in [0.4, 0.5) is 11.4 Å². The van der Waals surface area contributed by atoms with Crippen LogP contribution in [0.3, 0.4) is 0 Å². The molecule has 0 aromatic heterocycles. The van der Waals surface area contributed by atoms with Gasteiger partial charge in [0.2, 0.25) is 5.91 Å². The van der Waals surface area contributed by atoms with E-state index in [1.54, 1.807) is 30.3 Å². The molecule has 0 aliphatic carbocycles. The number of halogens is 2. The van der Waals surface area contributed by atoms with Crippen molar-refractivity contribution in [1.82, 2.24) is 4.90 Å². The number of hydrogen-bond acceptors (Lipinski definition) is 3. The second-order valence-electron chi connectivity index (χ2n) is 7.59. The fourth-order valence-corrected chi connectivity index (χ4v) is 3.75. The van der Waals surface area contributed by atoms with Crippen molar-refractivity contribution in [2.24, 2.45) is 5.92 Å². The van der Waals surface area contributed by atoms with Crippen molar-refractivity contribution in [3.63, 3.8) is 0 Å². The highest BCUT2D eigenvalue weighted by Gasteiger charge is 2.23. The van der Waals surface area contributed by atoms with Gasteiger partial charge in [0.05, 0.1) is 11.4 Å². The predicted molar refractivity (Wildman–Crippen MR) is 119 cm³/mol. The molecule has 1 saturated heterocycles. The van der Waals surface area contributed by atoms with Crippen LogP contribution in [-0.4, -0.2) is 42.9 Å². The fraction of sp³-hybridized carbons (Fsp3) is 0.364. The lowest BCUT2D eigenvalue weighted by Crippen LogP contribution is -2.49. The summed E-state index contributed by atoms with van der Waals surface area (Å²) in [6, 6.07) is 12.3. The Bertz CT molecular complexity index is 893. The summed E-state index contributed by atoms with van der Waals surface area (Å²) in [6.07, 6.45) is 0.571. The molecule has 2 aromatic rings. The number of rotatable bonds is 5. The van der Waals surface area contributed by atoms with Gasteiger partial charge in [-0.3, -0.25) is 9.59 Å². The second kappa shape index (κ2) is 9.51. The summed E-state index contributed by atoms with van der Waals surface area (Å²) in [5, 5.41) is 4.00. The third-order valence-corrected chi connectivity index (χ3v) is 5.32. The molecule has 0 atom stereocenters. The van der Waals surface area contributed by atoms with Gasteiger partial charge >= 0.3 is 0 Å². The van der Waals surface area contributed by atoms with Crippen molar-refractivity contribution in [1.29, 1.82) is 0 Å². The highest BCUT2D eigenvalue weighted by atomic mass is 35.5. The standard InChI is InChI=1S/C22H25Cl2N3O2/c1-15(2)12-21(28)27-10-8-26(9-11-27)20-7-6-18(24)14-19(20)25-22(29)16-4-3-5-17(23)13-16/h3-7,13-15H,8-12H2,1-2H3,(H,25,29). The molecule has 7 heteroatoms. The molecule has 0 unspecified atom stereocenters. The molecule has 3 rings (SSSR count). The summed E-state index contributed by atoms with van der Waals surface area (Å²) in [7, 11) is 0. The Kier molecular flexibility index (Phi) is 7.04. The van der Waals surface area contributed by atoms with Crippen LogP contribution in [0.2, 0.25) is 10.0 Å². The van der Waals surface area contributed by atoms with Crippen molar-refractivity contribution >= 4 is 46.4 Å². The zero-order valence-electron chi connectivity index (χ0n) is 16.6. The van der Waals surface area contributed by atoms with Gasteiger partial charge in [-0.15, -0.1) is 0 Å². The van der Waals surface area contributed by atoms with Crippen LogP contribution in [0, 0.1) is 5.92 Å². The number of nitrogens with zero attached hydrogens (tertiary/aromatic N) is 2. The number of carbonyl (C=O) groups excluding carboxylic acids is 2. The van der Waals surface area contributed by atoms with E-state index in [-0.39, 0.29) is 11.8 Å². The molecule has 1 aliphatic heterocycles. The highest BCUT2D eigenvalue weighted by Crippen LogP contribution is 2.31. The lowest BCUT2D eigenvalue weighted by Gasteiger charge is -2.37. The quantitative estimate of drug-likeness (QED) is 0.725. The van der Waals surface area contributed by atoms with Crippen molar-refractivity contribution < 1.29 is 9.59 Å². The van der Waals surface area contributed by atoms with Gasteiger partial charge in [-0.2, -0.15) is 0 Å². The lowest BCUT2D eigenvalue weighted by molar-refractivity contribution is -0.132. The van der Waals surface area contributed by atoms with E-state index in [0.717, 1.165) is 5.69 Å². The molecule has 1 N–H and O–H groups in total. The third kappa shape index (κ3) is 5.64. The van der Waals surface area contributed by atoms with Gasteiger partial charge in [0.15, 0.2) is 0 Å². The minimum absolute atomic E-state index is 0.199. The number of nitrogens with one attached hydrogen (secondary N) is 1. The summed E-state index contributed by atoms with van der Waals surface area (Å²) in [5.74, 6) is 0.303. The van der Waals surface area contributed by atoms with Gasteiger partial charge in [-0.25, -0.2) is 0 Å². The zero-order chi connectivity index (χ0) is 21.0. The SMILES string of the molecule is CC(C)CC(=O)N1CCN(c2ccc(Cl)cc2NC(=O)c2cccc(Cl)c2)CC1. The Morgan fingerprint density at radius 2 is 1.69 bits per heavy atom. The van der Waals surface area contributed by atoms with Gasteiger partial charge < -0.3 is 15.1 Å². The summed E-state index contributed by atoms with van der Waals surface area (Å²) < 4.78 is 0. The normalized spacial score (nSPS) is 14.2. The minimum Gasteiger partial charge on any atom is -0.366 e. The van der Waals surface area contributed by atoms with E-state index >= 15 is 0 Å². The summed E-state index contributed by atoms with van der Waals surface area (Å²) in [6.45, 7) is 6.83. The summed E-state index contributed by atoms with van der Waals surface area (Å²) in [5.41, 5.74) is 2.01. The Morgan fingerprint density at radius 1 is 1.00 bits per heavy atom. The largest absolute Gasteiger partial charge is 0.366 e. The van der Waals surface area contributed by atoms with Crippen LogP contribution in [0.15, 0.2) is 42.5 Å². The van der Waals surface area contributed by atoms with Crippen LogP contribution in [0.5, 0.6) is 0 Å². The van der Waals surface area contributed by atoms with E-state index in [1.165, 1.54) is 0 Å². The van der Waals surface area contributed by atoms with E-state index in [4.69, 9.17) is 23.2 Å². The number of hydrogen-bond donors (Lipinski definition) is 1. The average Bonchev–Trinajstić information content (AvgIpc) is 2.68. The molecule has 0 spiro atoms. The molecule has 29 heavy (non-hydrogen) atoms. The first kappa shape index (κ1) is 21.5. The van der Waals surface area contributed by atoms with Crippen LogP contribution in [0.25, 0.3) is 0 Å². The molecule has 5 nitrogen and oxygen atoms in total. The Labute approximate surface area is 181 Å². The molecule has 0 bridgehead atoms. The van der Waals surface area contributed by atoms with E-state index in [1.807, 2.05) is 17.0 Å². The van der Waals surface area contributed by atoms with Gasteiger partial charge in [-0.05, 0) is 42.3 Å². The minimum atomic E-state index is -0.248. The smallest absolute Gasteiger partial charge is 0.255 e. The van der Waals surface area contributed by atoms with Crippen LogP contribution in [-0.2, 0) is 4.79 Å². The number of carbonyl (C=O) groups is 2. The van der Waals surface area contributed by atoms with Crippen molar-refractivity contribution in [3.8, 4) is 0 Å². The first-order valence-electron chi connectivity index (χ1n) is 9.72. The molecule has 1 aliphatic rings. The molecule has 1 fully saturated rings. The summed E-state index contributed by atoms with van der Waals surface area (Å²) >= 11 is 12.2. The average molecular weight is 434 g/mol. The van der Waals surface area contributed by atoms with E-state index in [0.29, 0.717) is 59.8 Å². The van der Waals surface area contributed by atoms with Crippen molar-refractivity contribution in [2.45, 2.75) is 20.3 Å². The van der Waals surface area contributed by atoms with E-state index in [2.05, 4.69) is 24.1 Å². The molecule has 2 aromatic carbocycles. The molecule has 1 heterocycles. The van der Waals surface area contributed by atoms with Crippen LogP contribution >= 0.6 is 23.2 Å². The zero-order valence-corrected chi connectivity index (χ0v) is 18.1. The Balaban J connectivity index is 1.73. The Morgan fingerprint density at radius 3 is 2.34 bits per heavy atom. The maximum Gasteiger partial charge on any atom is 0.255 e. The van der Waals surface area contributed by atoms with Gasteiger partial charge in [0.1, 0.15) is 0 Å². The molecule has 0 saturated carbocycles. The number of benzene rings is 2. The molecule has 2 amide bonds. The van der Waals surface area contributed by atoms with Gasteiger partial charge in [-0.1, -0.05) is 43.1 Å². The number of amides is 2. The van der Waals surface area contributed by atoms with E-state index in [9.17, 15) is 9.59 Å². The molecule has 154 valence electrons. The molecular weight excluding hydrogens is 409 g/mol. The monoisotopic (exact) mass is 433 g/mol. The van der Waals surface area contributed by atoms with Gasteiger partial charge in [0.25, 0.3) is 5.91 Å². The van der Waals surface area contributed by atoms with E-state index < -0.39 is 0 Å². The topological polar surface area (TPSA) is 52.7 Å². The second-order valence-corrected chi connectivity index (χ2v) is 8.46. The maximum atomic E-state index is 12.7. The molecular formula is C22H25Cl2N3O2. The summed E-state index contributed by atoms with van der Waals surface area (Å²) in [4.78, 5) is 29.1. The molecule has 0 radical (unpaired) electrons. The first-order valence-corrected chi connectivity index (χ1v) is 10.5.